The zero-order valence-electron chi connectivity index (χ0n) is 13.8. The summed E-state index contributed by atoms with van der Waals surface area (Å²) in [7, 11) is 0. The van der Waals surface area contributed by atoms with Crippen LogP contribution >= 0.6 is 25.0 Å². The second kappa shape index (κ2) is 36.4. The molecule has 0 fully saturated rings. The van der Waals surface area contributed by atoms with Crippen LogP contribution in [0, 0.1) is 0 Å². The third-order valence-electron chi connectivity index (χ3n) is 0.135. The molecule has 0 heterocycles. The van der Waals surface area contributed by atoms with Crippen LogP contribution in [0.3, 0.4) is 0 Å². The number of aliphatic carboxylic acids is 2. The first-order chi connectivity index (χ1) is 5.73. The van der Waals surface area contributed by atoms with E-state index in [1.807, 2.05) is 0 Å². The minimum Gasteiger partial charge on any atom is -1.00 e. The summed E-state index contributed by atoms with van der Waals surface area (Å²) in [4.78, 5) is 27.4. The van der Waals surface area contributed by atoms with Gasteiger partial charge in [0.05, 0.1) is 0 Å². The van der Waals surface area contributed by atoms with Gasteiger partial charge in [-0.05, 0) is 0 Å². The molecule has 0 aliphatic carbocycles. The minimum absolute atomic E-state index is 0. The predicted molar refractivity (Wildman–Crippen MR) is 70.9 cm³/mol. The van der Waals surface area contributed by atoms with Crippen LogP contribution in [0.2, 0.25) is 0 Å². The van der Waals surface area contributed by atoms with Gasteiger partial charge < -0.3 is 21.0 Å². The zero-order valence-corrected chi connectivity index (χ0v) is 21.4. The molecule has 0 unspecified atom stereocenters. The van der Waals surface area contributed by atoms with Gasteiger partial charge in [-0.15, -0.1) is 25.0 Å². The number of carbonyl (C=O) groups excluding carboxylic acids is 1. The Morgan fingerprint density at radius 1 is 1.06 bits per heavy atom. The normalized spacial score (nSPS) is 5.18. The van der Waals surface area contributed by atoms with Gasteiger partial charge in [0.25, 0.3) is 11.9 Å². The molecule has 0 spiro atoms. The number of hydrogen-bond acceptors (Lipinski definition) is 4. The van der Waals surface area contributed by atoms with Crippen LogP contribution in [0.5, 0.6) is 0 Å². The van der Waals surface area contributed by atoms with Crippen LogP contribution in [-0.2, 0) is 33.9 Å². The Bertz CT molecular complexity index is 181. The maximum Gasteiger partial charge on any atom is 2.00 e. The molecule has 0 aromatic rings. The van der Waals surface area contributed by atoms with Crippen molar-refractivity contribution in [3.63, 3.8) is 0 Å². The summed E-state index contributed by atoms with van der Waals surface area (Å²) in [5.74, 6) is -1.67. The Hall–Kier alpha value is 2.79. The van der Waals surface area contributed by atoms with Gasteiger partial charge in [0.1, 0.15) is 6.61 Å². The number of carboxylic acid groups (broad SMARTS) is 2. The number of rotatable bonds is 1. The topological polar surface area (TPSA) is 112 Å². The van der Waals surface area contributed by atoms with Crippen LogP contribution < -0.4 is 0 Å². The molecule has 0 atom stereocenters. The molecular formula is C6H17ClO6SSr2Zn. The number of halogens is 1. The average Bonchev–Trinajstić information content (AvgIpc) is 1.84. The maximum absolute atomic E-state index is 9.43. The number of carboxylic acids is 2. The third-order valence-corrected chi connectivity index (χ3v) is 0.277. The smallest absolute Gasteiger partial charge is 1.00 e. The van der Waals surface area contributed by atoms with Crippen LogP contribution in [-0.4, -0.2) is 130 Å². The second-order valence-electron chi connectivity index (χ2n) is 1.59. The summed E-state index contributed by atoms with van der Waals surface area (Å²) >= 11 is 3.21. The predicted octanol–water partition coefficient (Wildman–Crippen LogP) is -0.275. The number of thiol groups is 1. The molecular weight excluding hydrogens is 476 g/mol. The summed E-state index contributed by atoms with van der Waals surface area (Å²) in [5, 5.41) is 22.1. The van der Waals surface area contributed by atoms with Gasteiger partial charge in [0.2, 0.25) is 5.12 Å². The van der Waals surface area contributed by atoms with E-state index in [9.17, 15) is 4.79 Å². The standard InChI is InChI=1S/C2H4O2S.2C2H4O2.ClH.2Sr.Zn.4H/c3-1-2(4)5;2*1-2(3)4;;;;;;;;/h3H,1H2,(H,4,5);2*1H3,(H,3,4);1H;;;;;;;/q;;;;2*+2;;4*-1. The van der Waals surface area contributed by atoms with Crippen molar-refractivity contribution in [1.82, 2.24) is 0 Å². The van der Waals surface area contributed by atoms with E-state index in [1.54, 1.807) is 0 Å². The molecule has 0 aromatic carbocycles. The minimum atomic E-state index is -0.833. The van der Waals surface area contributed by atoms with Crippen molar-refractivity contribution in [3.8, 4) is 0 Å². The Morgan fingerprint density at radius 3 is 1.12 bits per heavy atom. The second-order valence-corrected chi connectivity index (χ2v) is 2.09. The van der Waals surface area contributed by atoms with E-state index < -0.39 is 23.7 Å². The van der Waals surface area contributed by atoms with Crippen LogP contribution in [0.25, 0.3) is 0 Å². The van der Waals surface area contributed by atoms with Gasteiger partial charge in [-0.3, -0.25) is 14.4 Å². The molecule has 11 heteroatoms. The molecule has 0 aromatic heterocycles. The fraction of sp³-hybridized carbons (Fsp3) is 0.500. The zero-order chi connectivity index (χ0) is 11.4. The number of aliphatic hydroxyl groups is 1. The molecule has 0 aliphatic heterocycles. The molecule has 0 aliphatic rings. The summed E-state index contributed by atoms with van der Waals surface area (Å²) in [5.41, 5.74) is 0. The quantitative estimate of drug-likeness (QED) is 0.296. The van der Waals surface area contributed by atoms with E-state index in [0.29, 0.717) is 0 Å². The Labute approximate surface area is 204 Å². The fourth-order valence-corrected chi connectivity index (χ4v) is 0. The summed E-state index contributed by atoms with van der Waals surface area (Å²) in [6.45, 7) is 1.70. The third kappa shape index (κ3) is 231. The average molecular weight is 493 g/mol. The van der Waals surface area contributed by atoms with E-state index in [2.05, 4.69) is 12.6 Å². The van der Waals surface area contributed by atoms with Gasteiger partial charge in [-0.25, -0.2) is 0 Å². The van der Waals surface area contributed by atoms with Crippen LogP contribution in [0.1, 0.15) is 19.6 Å². The van der Waals surface area contributed by atoms with E-state index in [1.165, 1.54) is 0 Å². The number of aliphatic hydroxyl groups excluding tert-OH is 1. The Morgan fingerprint density at radius 2 is 1.12 bits per heavy atom. The molecule has 0 saturated carbocycles. The molecule has 0 saturated heterocycles. The van der Waals surface area contributed by atoms with Crippen molar-refractivity contribution in [3.05, 3.63) is 0 Å². The number of hydrogen-bond donors (Lipinski definition) is 4. The van der Waals surface area contributed by atoms with Crippen LogP contribution in [0.15, 0.2) is 0 Å². The monoisotopic (exact) mass is 492 g/mol. The molecule has 17 heavy (non-hydrogen) atoms. The molecule has 96 valence electrons. The van der Waals surface area contributed by atoms with Crippen molar-refractivity contribution in [2.24, 2.45) is 0 Å². The van der Waals surface area contributed by atoms with Gasteiger partial charge in [0.15, 0.2) is 0 Å². The fourth-order valence-electron chi connectivity index (χ4n) is 0. The molecule has 0 radical (unpaired) electrons. The van der Waals surface area contributed by atoms with Crippen molar-refractivity contribution < 1.29 is 54.9 Å². The van der Waals surface area contributed by atoms with Gasteiger partial charge >= 0.3 is 91.0 Å². The Balaban J connectivity index is -0.00000000670. The number of carbonyl (C=O) groups is 3. The van der Waals surface area contributed by atoms with E-state index in [-0.39, 0.29) is 129 Å². The van der Waals surface area contributed by atoms with Gasteiger partial charge in [-0.1, -0.05) is 0 Å². The first-order valence-electron chi connectivity index (χ1n) is 2.95. The van der Waals surface area contributed by atoms with Crippen molar-refractivity contribution in [2.75, 3.05) is 6.61 Å². The SMILES string of the molecule is CC(=O)O.CC(=O)O.Cl.O=C(S)CO.[H-].[H-].[H-].[H-].[Sr+2].[Sr+2].[Zn]. The first-order valence-corrected chi connectivity index (χ1v) is 3.40. The van der Waals surface area contributed by atoms with E-state index in [4.69, 9.17) is 24.9 Å². The van der Waals surface area contributed by atoms with E-state index >= 15 is 0 Å². The largest absolute Gasteiger partial charge is 2.00 e. The first kappa shape index (κ1) is 42.7. The van der Waals surface area contributed by atoms with Crippen LogP contribution in [0.4, 0.5) is 0 Å². The van der Waals surface area contributed by atoms with E-state index in [0.717, 1.165) is 13.8 Å². The molecule has 0 amide bonds. The molecule has 3 N–H and O–H groups in total. The molecule has 0 bridgehead atoms. The molecule has 0 rings (SSSR count). The Kier molecular flexibility index (Phi) is 91.3. The van der Waals surface area contributed by atoms with Gasteiger partial charge in [-0.2, -0.15) is 0 Å². The van der Waals surface area contributed by atoms with Gasteiger partial charge in [0, 0.05) is 33.3 Å². The van der Waals surface area contributed by atoms with Crippen molar-refractivity contribution in [1.29, 1.82) is 0 Å². The van der Waals surface area contributed by atoms with Crippen molar-refractivity contribution in [2.45, 2.75) is 13.8 Å². The molecule has 6 nitrogen and oxygen atoms in total. The maximum atomic E-state index is 9.43. The summed E-state index contributed by atoms with van der Waals surface area (Å²) < 4.78 is 0. The summed E-state index contributed by atoms with van der Waals surface area (Å²) in [6.07, 6.45) is 0. The van der Waals surface area contributed by atoms with Crippen molar-refractivity contribution >= 4 is 133 Å². The summed E-state index contributed by atoms with van der Waals surface area (Å²) in [6, 6.07) is 0.